The van der Waals surface area contributed by atoms with Crippen LogP contribution in [-0.2, 0) is 0 Å². The smallest absolute Gasteiger partial charge is 0.293 e. The van der Waals surface area contributed by atoms with Gasteiger partial charge >= 0.3 is 0 Å². The Morgan fingerprint density at radius 1 is 1.40 bits per heavy atom. The Morgan fingerprint density at radius 2 is 2.05 bits per heavy atom. The number of nitro groups is 1. The van der Waals surface area contributed by atoms with Crippen LogP contribution in [0.25, 0.3) is 0 Å². The van der Waals surface area contributed by atoms with Crippen LogP contribution in [0.5, 0.6) is 0 Å². The normalized spacial score (nSPS) is 10.4. The second kappa shape index (κ2) is 7.44. The van der Waals surface area contributed by atoms with Crippen molar-refractivity contribution < 1.29 is 9.72 Å². The molecule has 0 aliphatic heterocycles. The second-order valence-electron chi connectivity index (χ2n) is 4.53. The standard InChI is InChI=1S/C13H20N4O3/c1-3-9(4-2)8-15-13(18)10-5-6-12(17(19)20)11(7-10)16-14/h5-7,9,16H,3-4,8,14H2,1-2H3,(H,15,18). The lowest BCUT2D eigenvalue weighted by Crippen LogP contribution is -2.29. The minimum absolute atomic E-state index is 0.116. The molecule has 1 amide bonds. The number of hydrogen-bond acceptors (Lipinski definition) is 5. The van der Waals surface area contributed by atoms with E-state index in [9.17, 15) is 14.9 Å². The molecule has 1 aromatic rings. The molecule has 0 heterocycles. The number of benzene rings is 1. The molecule has 7 heteroatoms. The van der Waals surface area contributed by atoms with Gasteiger partial charge in [-0.3, -0.25) is 20.8 Å². The number of nitrogens with two attached hydrogens (primary N) is 1. The van der Waals surface area contributed by atoms with Crippen LogP contribution in [0, 0.1) is 16.0 Å². The third kappa shape index (κ3) is 3.92. The predicted octanol–water partition coefficient (Wildman–Crippen LogP) is 2.05. The molecule has 20 heavy (non-hydrogen) atoms. The van der Waals surface area contributed by atoms with Gasteiger partial charge in [0.2, 0.25) is 0 Å². The average molecular weight is 280 g/mol. The fourth-order valence-corrected chi connectivity index (χ4v) is 1.87. The molecule has 4 N–H and O–H groups in total. The highest BCUT2D eigenvalue weighted by Crippen LogP contribution is 2.24. The Balaban J connectivity index is 2.81. The molecule has 1 rings (SSSR count). The summed E-state index contributed by atoms with van der Waals surface area (Å²) < 4.78 is 0. The number of amides is 1. The van der Waals surface area contributed by atoms with Gasteiger partial charge in [-0.1, -0.05) is 26.7 Å². The Bertz CT molecular complexity index is 487. The number of hydrazine groups is 1. The van der Waals surface area contributed by atoms with Crippen LogP contribution in [0.15, 0.2) is 18.2 Å². The third-order valence-electron chi connectivity index (χ3n) is 3.32. The summed E-state index contributed by atoms with van der Waals surface area (Å²) in [6, 6.07) is 4.06. The average Bonchev–Trinajstić information content (AvgIpc) is 2.47. The first-order valence-electron chi connectivity index (χ1n) is 6.56. The number of anilines is 1. The fourth-order valence-electron chi connectivity index (χ4n) is 1.87. The lowest BCUT2D eigenvalue weighted by molar-refractivity contribution is -0.384. The number of carbonyl (C=O) groups is 1. The monoisotopic (exact) mass is 280 g/mol. The summed E-state index contributed by atoms with van der Waals surface area (Å²) in [5.41, 5.74) is 2.53. The Hall–Kier alpha value is -2.15. The van der Waals surface area contributed by atoms with Crippen molar-refractivity contribution in [1.82, 2.24) is 5.32 Å². The minimum Gasteiger partial charge on any atom is -0.352 e. The molecule has 0 fully saturated rings. The molecule has 0 spiro atoms. The summed E-state index contributed by atoms with van der Waals surface area (Å²) in [6.07, 6.45) is 1.99. The molecule has 7 nitrogen and oxygen atoms in total. The first kappa shape index (κ1) is 15.9. The molecule has 1 aromatic carbocycles. The minimum atomic E-state index is -0.554. The van der Waals surface area contributed by atoms with Crippen LogP contribution in [0.2, 0.25) is 0 Å². The topological polar surface area (TPSA) is 110 Å². The van der Waals surface area contributed by atoms with E-state index < -0.39 is 4.92 Å². The molecular weight excluding hydrogens is 260 g/mol. The van der Waals surface area contributed by atoms with Crippen molar-refractivity contribution in [2.45, 2.75) is 26.7 Å². The highest BCUT2D eigenvalue weighted by atomic mass is 16.6. The molecule has 0 saturated heterocycles. The van der Waals surface area contributed by atoms with Gasteiger partial charge in [0.05, 0.1) is 4.92 Å². The zero-order valence-corrected chi connectivity index (χ0v) is 11.7. The summed E-state index contributed by atoms with van der Waals surface area (Å²) in [5.74, 6) is 5.41. The maximum atomic E-state index is 12.0. The lowest BCUT2D eigenvalue weighted by atomic mass is 10.0. The predicted molar refractivity (Wildman–Crippen MR) is 77.3 cm³/mol. The van der Waals surface area contributed by atoms with E-state index in [-0.39, 0.29) is 17.3 Å². The van der Waals surface area contributed by atoms with Crippen LogP contribution >= 0.6 is 0 Å². The summed E-state index contributed by atoms with van der Waals surface area (Å²) in [7, 11) is 0. The van der Waals surface area contributed by atoms with Gasteiger partial charge in [-0.15, -0.1) is 0 Å². The molecule has 0 bridgehead atoms. The van der Waals surface area contributed by atoms with Gasteiger partial charge in [0, 0.05) is 18.2 Å². The van der Waals surface area contributed by atoms with Crippen LogP contribution in [0.4, 0.5) is 11.4 Å². The SMILES string of the molecule is CCC(CC)CNC(=O)c1ccc([N+](=O)[O-])c(NN)c1. The van der Waals surface area contributed by atoms with Crippen LogP contribution in [-0.4, -0.2) is 17.4 Å². The summed E-state index contributed by atoms with van der Waals surface area (Å²) in [6.45, 7) is 4.74. The van der Waals surface area contributed by atoms with E-state index in [4.69, 9.17) is 5.84 Å². The molecule has 0 aliphatic carbocycles. The van der Waals surface area contributed by atoms with E-state index in [1.165, 1.54) is 18.2 Å². The number of hydrogen-bond donors (Lipinski definition) is 3. The third-order valence-corrected chi connectivity index (χ3v) is 3.32. The molecule has 110 valence electrons. The van der Waals surface area contributed by atoms with Crippen molar-refractivity contribution in [3.05, 3.63) is 33.9 Å². The van der Waals surface area contributed by atoms with Gasteiger partial charge in [0.15, 0.2) is 0 Å². The molecule has 0 aliphatic rings. The van der Waals surface area contributed by atoms with Gasteiger partial charge in [-0.2, -0.15) is 0 Å². The summed E-state index contributed by atoms with van der Waals surface area (Å²) in [5, 5.41) is 13.6. The summed E-state index contributed by atoms with van der Waals surface area (Å²) in [4.78, 5) is 22.2. The lowest BCUT2D eigenvalue weighted by Gasteiger charge is -2.13. The molecule has 0 saturated carbocycles. The maximum Gasteiger partial charge on any atom is 0.293 e. The van der Waals surface area contributed by atoms with E-state index in [0.717, 1.165) is 12.8 Å². The number of nitrogen functional groups attached to an aromatic ring is 1. The van der Waals surface area contributed by atoms with Crippen molar-refractivity contribution >= 4 is 17.3 Å². The highest BCUT2D eigenvalue weighted by molar-refractivity contribution is 5.95. The van der Waals surface area contributed by atoms with Gasteiger partial charge in [-0.25, -0.2) is 0 Å². The number of rotatable bonds is 7. The van der Waals surface area contributed by atoms with E-state index in [1.54, 1.807) is 0 Å². The number of nitro benzene ring substituents is 1. The van der Waals surface area contributed by atoms with E-state index in [2.05, 4.69) is 24.6 Å². The Labute approximate surface area is 117 Å². The Morgan fingerprint density at radius 3 is 2.55 bits per heavy atom. The van der Waals surface area contributed by atoms with E-state index >= 15 is 0 Å². The number of carbonyl (C=O) groups excluding carboxylic acids is 1. The molecular formula is C13H20N4O3. The molecule has 0 aromatic heterocycles. The molecule has 0 radical (unpaired) electrons. The first-order chi connectivity index (χ1) is 9.53. The zero-order valence-electron chi connectivity index (χ0n) is 11.7. The van der Waals surface area contributed by atoms with Gasteiger partial charge in [-0.05, 0) is 18.1 Å². The van der Waals surface area contributed by atoms with Crippen molar-refractivity contribution in [3.63, 3.8) is 0 Å². The van der Waals surface area contributed by atoms with Crippen LogP contribution in [0.3, 0.4) is 0 Å². The number of nitrogens with zero attached hydrogens (tertiary/aromatic N) is 1. The largest absolute Gasteiger partial charge is 0.352 e. The highest BCUT2D eigenvalue weighted by Gasteiger charge is 2.16. The van der Waals surface area contributed by atoms with Gasteiger partial charge in [0.1, 0.15) is 5.69 Å². The Kier molecular flexibility index (Phi) is 5.92. The second-order valence-corrected chi connectivity index (χ2v) is 4.53. The van der Waals surface area contributed by atoms with E-state index in [1.807, 2.05) is 0 Å². The van der Waals surface area contributed by atoms with Gasteiger partial charge < -0.3 is 10.7 Å². The van der Waals surface area contributed by atoms with Crippen molar-refractivity contribution in [2.75, 3.05) is 12.0 Å². The van der Waals surface area contributed by atoms with Crippen molar-refractivity contribution in [1.29, 1.82) is 0 Å². The maximum absolute atomic E-state index is 12.0. The first-order valence-corrected chi connectivity index (χ1v) is 6.56. The van der Waals surface area contributed by atoms with Crippen molar-refractivity contribution in [3.8, 4) is 0 Å². The quantitative estimate of drug-likeness (QED) is 0.402. The van der Waals surface area contributed by atoms with E-state index in [0.29, 0.717) is 18.0 Å². The fraction of sp³-hybridized carbons (Fsp3) is 0.462. The van der Waals surface area contributed by atoms with Crippen LogP contribution in [0.1, 0.15) is 37.0 Å². The van der Waals surface area contributed by atoms with Gasteiger partial charge in [0.25, 0.3) is 11.6 Å². The summed E-state index contributed by atoms with van der Waals surface area (Å²) >= 11 is 0. The van der Waals surface area contributed by atoms with Crippen molar-refractivity contribution in [2.24, 2.45) is 11.8 Å². The zero-order chi connectivity index (χ0) is 15.1. The van der Waals surface area contributed by atoms with Crippen LogP contribution < -0.4 is 16.6 Å². The number of nitrogens with one attached hydrogen (secondary N) is 2. The molecule has 0 atom stereocenters. The molecule has 0 unspecified atom stereocenters.